The van der Waals surface area contributed by atoms with Crippen molar-refractivity contribution in [2.24, 2.45) is 0 Å². The molecule has 0 amide bonds. The summed E-state index contributed by atoms with van der Waals surface area (Å²) < 4.78 is 34.9. The van der Waals surface area contributed by atoms with Gasteiger partial charge in [0.2, 0.25) is 0 Å². The number of carboxylic acid groups (broad SMARTS) is 2. The van der Waals surface area contributed by atoms with Crippen molar-refractivity contribution in [3.8, 4) is 0 Å². The van der Waals surface area contributed by atoms with Crippen LogP contribution in [-0.2, 0) is 33.7 Å². The first-order chi connectivity index (χ1) is 8.85. The van der Waals surface area contributed by atoms with Crippen molar-refractivity contribution in [2.75, 3.05) is 0 Å². The molecule has 0 bridgehead atoms. The molecule has 0 radical (unpaired) electrons. The molecule has 0 fully saturated rings. The molecule has 16 heteroatoms. The summed E-state index contributed by atoms with van der Waals surface area (Å²) >= 11 is 0. The number of carbonyl (C=O) groups excluding carboxylic acids is 2. The Balaban J connectivity index is -0.000000120. The summed E-state index contributed by atoms with van der Waals surface area (Å²) in [6.45, 7) is 0. The van der Waals surface area contributed by atoms with Crippen LogP contribution in [0.3, 0.4) is 0 Å². The first-order valence-electron chi connectivity index (χ1n) is 4.45. The third-order valence-corrected chi connectivity index (χ3v) is 2.00. The number of rotatable bonds is 6. The third-order valence-electron chi connectivity index (χ3n) is 1.65. The van der Waals surface area contributed by atoms with Gasteiger partial charge in [0.15, 0.2) is 5.60 Å². The van der Waals surface area contributed by atoms with Gasteiger partial charge in [-0.1, -0.05) is 0 Å². The van der Waals surface area contributed by atoms with Crippen molar-refractivity contribution in [3.63, 3.8) is 0 Å². The summed E-state index contributed by atoms with van der Waals surface area (Å²) in [5, 5.41) is 26.3. The molecule has 23 heavy (non-hydrogen) atoms. The fourth-order valence-corrected chi connectivity index (χ4v) is 1.14. The maximum atomic E-state index is 11.0. The van der Waals surface area contributed by atoms with Crippen molar-refractivity contribution < 1.29 is 139 Å². The van der Waals surface area contributed by atoms with Gasteiger partial charge in [-0.25, -0.2) is 9.59 Å². The van der Waals surface area contributed by atoms with E-state index in [4.69, 9.17) is 14.8 Å². The molecular weight excluding hydrogens is 361 g/mol. The van der Waals surface area contributed by atoms with Crippen LogP contribution in [-0.4, -0.2) is 58.0 Å². The van der Waals surface area contributed by atoms with Crippen LogP contribution in [0.25, 0.3) is 0 Å². The molecule has 0 rings (SSSR count). The van der Waals surface area contributed by atoms with Gasteiger partial charge in [-0.3, -0.25) is 18.3 Å². The predicted octanol–water partition coefficient (Wildman–Crippen LogP) is -10.5. The molecule has 0 spiro atoms. The van der Waals surface area contributed by atoms with E-state index in [1.54, 1.807) is 0 Å². The van der Waals surface area contributed by atoms with Gasteiger partial charge in [0, 0.05) is 0 Å². The molecule has 1 atom stereocenters. The maximum absolute atomic E-state index is 11.0. The van der Waals surface area contributed by atoms with Gasteiger partial charge in [0.1, 0.15) is 0 Å². The van der Waals surface area contributed by atoms with Gasteiger partial charge in [0.25, 0.3) is 0 Å². The van der Waals surface area contributed by atoms with Crippen molar-refractivity contribution >= 4 is 34.5 Å². The van der Waals surface area contributed by atoms with Crippen LogP contribution in [0.4, 0.5) is 4.79 Å². The first kappa shape index (κ1) is 31.1. The number of hydrogen-bond acceptors (Lipinski definition) is 9. The zero-order chi connectivity index (χ0) is 16.1. The Labute approximate surface area is 190 Å². The van der Waals surface area contributed by atoms with Gasteiger partial charge < -0.3 is 24.3 Å². The number of carboxylic acids is 2. The van der Waals surface area contributed by atoms with E-state index in [9.17, 15) is 32.7 Å². The first-order valence-corrected chi connectivity index (χ1v) is 5.81. The molecule has 0 aliphatic rings. The van der Waals surface area contributed by atoms with E-state index >= 15 is 0 Å². The van der Waals surface area contributed by atoms with Crippen LogP contribution in [0.15, 0.2) is 0 Å². The molecule has 0 aromatic heterocycles. The molecule has 0 aliphatic carbocycles. The topological polar surface area (TPSA) is 202 Å². The quantitative estimate of drug-likeness (QED) is 0.149. The van der Waals surface area contributed by atoms with E-state index in [1.165, 1.54) is 0 Å². The summed E-state index contributed by atoms with van der Waals surface area (Å²) in [5.41, 5.74) is -3.07. The Morgan fingerprint density at radius 3 is 1.78 bits per heavy atom. The maximum Gasteiger partial charge on any atom is 1.00 e. The molecule has 4 N–H and O–H groups in total. The van der Waals surface area contributed by atoms with Crippen molar-refractivity contribution in [1.82, 2.24) is 0 Å². The van der Waals surface area contributed by atoms with E-state index in [-0.39, 0.29) is 82.3 Å². The van der Waals surface area contributed by atoms with Crippen LogP contribution < -0.4 is 78.0 Å². The average molecular weight is 372 g/mol. The Morgan fingerprint density at radius 1 is 1.04 bits per heavy atom. The second-order valence-corrected chi connectivity index (χ2v) is 4.34. The second kappa shape index (κ2) is 12.7. The Kier molecular flexibility index (Phi) is 17.2. The smallest absolute Gasteiger partial charge is 1.00 e. The minimum Gasteiger partial charge on any atom is -1.00 e. The molecule has 120 valence electrons. The fourth-order valence-electron chi connectivity index (χ4n) is 0.935. The van der Waals surface area contributed by atoms with Gasteiger partial charge in [-0.2, -0.15) is 8.42 Å². The molecule has 0 aliphatic heterocycles. The molecule has 1 unspecified atom stereocenters. The van der Waals surface area contributed by atoms with Crippen LogP contribution in [0.5, 0.6) is 0 Å². The molecule has 0 heterocycles. The Morgan fingerprint density at radius 2 is 1.48 bits per heavy atom. The number of hydrogen-bond donors (Lipinski definition) is 4. The second-order valence-electron chi connectivity index (χ2n) is 3.32. The van der Waals surface area contributed by atoms with E-state index in [0.29, 0.717) is 0 Å². The Hall–Kier alpha value is 0.347. The summed E-state index contributed by atoms with van der Waals surface area (Å²) in [6.07, 6.45) is -5.07. The molecule has 0 aromatic rings. The van der Waals surface area contributed by atoms with Crippen molar-refractivity contribution in [3.05, 3.63) is 0 Å². The van der Waals surface area contributed by atoms with Crippen molar-refractivity contribution in [1.29, 1.82) is 0 Å². The number of aliphatic hydroxyl groups is 1. The minimum atomic E-state index is -5.25. The summed E-state index contributed by atoms with van der Waals surface area (Å²) in [5.74, 6) is -5.63. The molecular formula is C7H11LiNa2O12S. The van der Waals surface area contributed by atoms with Gasteiger partial charge >= 0.3 is 112 Å². The summed E-state index contributed by atoms with van der Waals surface area (Å²) in [7, 11) is -5.25. The number of carbonyl (C=O) groups is 4. The standard InChI is InChI=1S/C7H8O12S.Li.2Na.3H/c8-3(9)1-7(14,5(11)12)2-4(10)18-6(13)19-20(15,16)17;;;;;;/h14H,1-2H2,(H,8,9)(H,11,12)(H,15,16,17);;;;;;/q;3*+1;3*-1. The largest absolute Gasteiger partial charge is 1.00 e. The van der Waals surface area contributed by atoms with Crippen LogP contribution in [0, 0.1) is 0 Å². The van der Waals surface area contributed by atoms with Crippen LogP contribution in [0.2, 0.25) is 0 Å². The zero-order valence-electron chi connectivity index (χ0n) is 15.4. The fraction of sp³-hybridized carbons (Fsp3) is 0.429. The van der Waals surface area contributed by atoms with Crippen LogP contribution in [0.1, 0.15) is 17.1 Å². The van der Waals surface area contributed by atoms with Gasteiger partial charge in [-0.15, -0.1) is 0 Å². The van der Waals surface area contributed by atoms with Gasteiger partial charge in [-0.05, 0) is 0 Å². The zero-order valence-corrected chi connectivity index (χ0v) is 17.2. The van der Waals surface area contributed by atoms with Crippen molar-refractivity contribution in [2.45, 2.75) is 18.4 Å². The third kappa shape index (κ3) is 14.4. The normalized spacial score (nSPS) is 12.1. The minimum absolute atomic E-state index is 0. The van der Waals surface area contributed by atoms with E-state index < -0.39 is 52.9 Å². The average Bonchev–Trinajstić information content (AvgIpc) is 2.10. The van der Waals surface area contributed by atoms with Crippen LogP contribution >= 0.6 is 0 Å². The summed E-state index contributed by atoms with van der Waals surface area (Å²) in [6, 6.07) is 0. The molecule has 0 aromatic carbocycles. The number of ether oxygens (including phenoxy) is 1. The van der Waals surface area contributed by atoms with E-state index in [0.717, 1.165) is 0 Å². The molecule has 0 saturated heterocycles. The number of esters is 1. The van der Waals surface area contributed by atoms with E-state index in [2.05, 4.69) is 8.92 Å². The predicted molar refractivity (Wildman–Crippen MR) is 56.9 cm³/mol. The molecule has 0 saturated carbocycles. The molecule has 12 nitrogen and oxygen atoms in total. The van der Waals surface area contributed by atoms with Gasteiger partial charge in [0.05, 0.1) is 12.8 Å². The SMILES string of the molecule is O=C(O)CC(O)(CC(=O)OC(=O)OS(=O)(=O)O)C(=O)O.[H-].[H-].[H-].[Li+].[Na+].[Na+]. The Bertz CT molecular complexity index is 561. The summed E-state index contributed by atoms with van der Waals surface area (Å²) in [4.78, 5) is 42.6. The number of aliphatic carboxylic acids is 2. The monoisotopic (exact) mass is 372 g/mol. The van der Waals surface area contributed by atoms with E-state index in [1.807, 2.05) is 0 Å².